The fourth-order valence-electron chi connectivity index (χ4n) is 2.29. The average molecular weight is 268 g/mol. The number of nitriles is 2. The zero-order chi connectivity index (χ0) is 14.5. The number of nitrogens with one attached hydrogen (secondary N) is 1. The smallest absolute Gasteiger partial charge is 0.321 e. The van der Waals surface area contributed by atoms with Gasteiger partial charge in [-0.05, 0) is 37.5 Å². The summed E-state index contributed by atoms with van der Waals surface area (Å²) in [6.45, 7) is 2.99. The van der Waals surface area contributed by atoms with Crippen LogP contribution in [0.2, 0.25) is 0 Å². The Morgan fingerprint density at radius 2 is 2.25 bits per heavy atom. The molecule has 5 nitrogen and oxygen atoms in total. The number of amides is 2. The molecule has 1 fully saturated rings. The van der Waals surface area contributed by atoms with Gasteiger partial charge in [-0.15, -0.1) is 0 Å². The average Bonchev–Trinajstić information content (AvgIpc) is 2.49. The van der Waals surface area contributed by atoms with Gasteiger partial charge in [0.25, 0.3) is 0 Å². The van der Waals surface area contributed by atoms with Gasteiger partial charge in [0.15, 0.2) is 0 Å². The van der Waals surface area contributed by atoms with E-state index in [1.165, 1.54) is 0 Å². The Labute approximate surface area is 118 Å². The van der Waals surface area contributed by atoms with Crippen LogP contribution in [0.15, 0.2) is 18.2 Å². The van der Waals surface area contributed by atoms with Crippen molar-refractivity contribution in [3.05, 3.63) is 29.3 Å². The third-order valence-corrected chi connectivity index (χ3v) is 3.50. The molecule has 2 rings (SSSR count). The maximum Gasteiger partial charge on any atom is 0.321 e. The van der Waals surface area contributed by atoms with Crippen LogP contribution in [0, 0.1) is 35.5 Å². The van der Waals surface area contributed by atoms with E-state index < -0.39 is 0 Å². The molecule has 0 aromatic heterocycles. The predicted octanol–water partition coefficient (Wildman–Crippen LogP) is 2.63. The summed E-state index contributed by atoms with van der Waals surface area (Å²) in [5.74, 6) is -0.0813. The second kappa shape index (κ2) is 6.08. The molecule has 102 valence electrons. The van der Waals surface area contributed by atoms with Gasteiger partial charge in [-0.3, -0.25) is 0 Å². The normalized spacial score (nSPS) is 17.9. The van der Waals surface area contributed by atoms with E-state index >= 15 is 0 Å². The first-order valence-corrected chi connectivity index (χ1v) is 6.60. The molecule has 1 aliphatic heterocycles. The molecular formula is C15H16N4O. The van der Waals surface area contributed by atoms with Crippen LogP contribution in [0.25, 0.3) is 0 Å². The number of hydrogen-bond donors (Lipinski definition) is 1. The van der Waals surface area contributed by atoms with Gasteiger partial charge in [0, 0.05) is 18.8 Å². The first kappa shape index (κ1) is 13.9. The molecule has 2 amide bonds. The van der Waals surface area contributed by atoms with Gasteiger partial charge in [0.05, 0.1) is 23.6 Å². The van der Waals surface area contributed by atoms with Crippen LogP contribution in [0.3, 0.4) is 0 Å². The number of anilines is 1. The van der Waals surface area contributed by atoms with Crippen LogP contribution in [0.5, 0.6) is 0 Å². The Balaban J connectivity index is 2.05. The molecular weight excluding hydrogens is 252 g/mol. The molecule has 1 N–H and O–H groups in total. The van der Waals surface area contributed by atoms with Crippen molar-refractivity contribution in [3.8, 4) is 12.1 Å². The molecule has 1 aromatic carbocycles. The highest BCUT2D eigenvalue weighted by molar-refractivity contribution is 5.89. The van der Waals surface area contributed by atoms with E-state index in [9.17, 15) is 4.79 Å². The monoisotopic (exact) mass is 268 g/mol. The maximum absolute atomic E-state index is 12.1. The van der Waals surface area contributed by atoms with Crippen molar-refractivity contribution in [1.29, 1.82) is 10.5 Å². The fourth-order valence-corrected chi connectivity index (χ4v) is 2.29. The zero-order valence-electron chi connectivity index (χ0n) is 11.4. The van der Waals surface area contributed by atoms with Gasteiger partial charge in [0.2, 0.25) is 0 Å². The van der Waals surface area contributed by atoms with E-state index in [4.69, 9.17) is 10.5 Å². The van der Waals surface area contributed by atoms with Crippen molar-refractivity contribution in [2.24, 2.45) is 5.92 Å². The lowest BCUT2D eigenvalue weighted by molar-refractivity contribution is 0.189. The molecule has 1 heterocycles. The molecule has 1 aromatic rings. The first-order chi connectivity index (χ1) is 9.63. The van der Waals surface area contributed by atoms with Crippen molar-refractivity contribution >= 4 is 11.7 Å². The summed E-state index contributed by atoms with van der Waals surface area (Å²) in [5.41, 5.74) is 2.04. The summed E-state index contributed by atoms with van der Waals surface area (Å²) in [5, 5.41) is 20.7. The number of urea groups is 1. The molecule has 0 spiro atoms. The Morgan fingerprint density at radius 1 is 1.45 bits per heavy atom. The van der Waals surface area contributed by atoms with E-state index in [1.807, 2.05) is 13.0 Å². The fraction of sp³-hybridized carbons (Fsp3) is 0.400. The third kappa shape index (κ3) is 3.07. The predicted molar refractivity (Wildman–Crippen MR) is 74.8 cm³/mol. The van der Waals surface area contributed by atoms with Crippen molar-refractivity contribution in [2.45, 2.75) is 19.8 Å². The summed E-state index contributed by atoms with van der Waals surface area (Å²) in [7, 11) is 0. The van der Waals surface area contributed by atoms with Gasteiger partial charge in [0.1, 0.15) is 0 Å². The topological polar surface area (TPSA) is 79.9 Å². The van der Waals surface area contributed by atoms with E-state index in [1.54, 1.807) is 17.0 Å². The van der Waals surface area contributed by atoms with E-state index in [0.717, 1.165) is 18.4 Å². The highest BCUT2D eigenvalue weighted by Crippen LogP contribution is 2.18. The Bertz CT molecular complexity index is 597. The van der Waals surface area contributed by atoms with Crippen molar-refractivity contribution in [2.75, 3.05) is 18.4 Å². The number of piperidine rings is 1. The minimum Gasteiger partial charge on any atom is -0.323 e. The number of hydrogen-bond acceptors (Lipinski definition) is 3. The van der Waals surface area contributed by atoms with Crippen LogP contribution in [-0.2, 0) is 0 Å². The van der Waals surface area contributed by atoms with Crippen LogP contribution in [0.4, 0.5) is 10.5 Å². The molecule has 1 atom stereocenters. The molecule has 20 heavy (non-hydrogen) atoms. The number of carbonyl (C=O) groups is 1. The minimum atomic E-state index is -0.210. The minimum absolute atomic E-state index is 0.0813. The van der Waals surface area contributed by atoms with Crippen molar-refractivity contribution < 1.29 is 4.79 Å². The molecule has 0 bridgehead atoms. The Kier molecular flexibility index (Phi) is 4.22. The molecule has 0 radical (unpaired) electrons. The van der Waals surface area contributed by atoms with E-state index in [2.05, 4.69) is 17.5 Å². The summed E-state index contributed by atoms with van der Waals surface area (Å²) in [6.07, 6.45) is 1.70. The molecule has 0 aliphatic carbocycles. The van der Waals surface area contributed by atoms with Crippen LogP contribution < -0.4 is 5.32 Å². The van der Waals surface area contributed by atoms with E-state index in [0.29, 0.717) is 24.3 Å². The molecule has 0 saturated carbocycles. The summed E-state index contributed by atoms with van der Waals surface area (Å²) >= 11 is 0. The second-order valence-corrected chi connectivity index (χ2v) is 4.99. The summed E-state index contributed by atoms with van der Waals surface area (Å²) < 4.78 is 0. The second-order valence-electron chi connectivity index (χ2n) is 4.99. The zero-order valence-corrected chi connectivity index (χ0v) is 11.4. The lowest BCUT2D eigenvalue weighted by Gasteiger charge is -2.29. The highest BCUT2D eigenvalue weighted by Gasteiger charge is 2.23. The van der Waals surface area contributed by atoms with Crippen LogP contribution in [-0.4, -0.2) is 24.0 Å². The van der Waals surface area contributed by atoms with Crippen molar-refractivity contribution in [3.63, 3.8) is 0 Å². The number of nitrogens with zero attached hydrogens (tertiary/aromatic N) is 3. The third-order valence-electron chi connectivity index (χ3n) is 3.50. The first-order valence-electron chi connectivity index (χ1n) is 6.60. The number of benzene rings is 1. The number of rotatable bonds is 1. The molecule has 1 aliphatic rings. The van der Waals surface area contributed by atoms with Gasteiger partial charge < -0.3 is 10.2 Å². The SMILES string of the molecule is Cc1ccc(NC(=O)N2CCCC(C#N)C2)cc1C#N. The van der Waals surface area contributed by atoms with Gasteiger partial charge in [-0.25, -0.2) is 4.79 Å². The van der Waals surface area contributed by atoms with Crippen molar-refractivity contribution in [1.82, 2.24) is 4.90 Å². The Morgan fingerprint density at radius 3 is 2.95 bits per heavy atom. The largest absolute Gasteiger partial charge is 0.323 e. The van der Waals surface area contributed by atoms with Gasteiger partial charge in [-0.1, -0.05) is 6.07 Å². The molecule has 1 saturated heterocycles. The maximum atomic E-state index is 12.1. The molecule has 1 unspecified atom stereocenters. The lowest BCUT2D eigenvalue weighted by atomic mass is 10.0. The highest BCUT2D eigenvalue weighted by atomic mass is 16.2. The lowest BCUT2D eigenvalue weighted by Crippen LogP contribution is -2.42. The summed E-state index contributed by atoms with van der Waals surface area (Å²) in [6, 6.07) is 9.35. The number of aryl methyl sites for hydroxylation is 1. The van der Waals surface area contributed by atoms with Crippen LogP contribution in [0.1, 0.15) is 24.0 Å². The standard InChI is InChI=1S/C15H16N4O/c1-11-4-5-14(7-13(11)9-17)18-15(20)19-6-2-3-12(8-16)10-19/h4-5,7,12H,2-3,6,10H2,1H3,(H,18,20). The van der Waals surface area contributed by atoms with Gasteiger partial charge in [-0.2, -0.15) is 10.5 Å². The van der Waals surface area contributed by atoms with Gasteiger partial charge >= 0.3 is 6.03 Å². The van der Waals surface area contributed by atoms with E-state index in [-0.39, 0.29) is 11.9 Å². The Hall–Kier alpha value is -2.53. The number of carbonyl (C=O) groups excluding carboxylic acids is 1. The quantitative estimate of drug-likeness (QED) is 0.850. The number of likely N-dealkylation sites (tertiary alicyclic amines) is 1. The van der Waals surface area contributed by atoms with Crippen LogP contribution >= 0.6 is 0 Å². The summed E-state index contributed by atoms with van der Waals surface area (Å²) in [4.78, 5) is 13.8. The molecule has 5 heteroatoms.